The van der Waals surface area contributed by atoms with Crippen molar-refractivity contribution in [2.24, 2.45) is 0 Å². The molecule has 3 aliphatic rings. The fourth-order valence-electron chi connectivity index (χ4n) is 6.49. The number of rotatable bonds is 6. The lowest BCUT2D eigenvalue weighted by atomic mass is 9.68. The molecule has 11 nitrogen and oxygen atoms in total. The standard InChI is InChI=1S/C30H33F3N6O3.CH2O2/c1-3-42-27-20(5-4-13-35-27)22-7-6-21-23(36-22)18-39(19-10-14-34-17-19)28(40)29(21)11-15-38(16-12-29)24-8-9-25(41-2)37-26(24)30(31,32)33;2-1-3/h4-9,13,19,34H,3,10-12,14-18H2,1-2H3;1H,(H,2,3)/t19-;/m1./s1. The van der Waals surface area contributed by atoms with Gasteiger partial charge in [-0.25, -0.2) is 9.97 Å². The number of ether oxygens (including phenoxy) is 2. The maximum absolute atomic E-state index is 14.3. The van der Waals surface area contributed by atoms with Crippen LogP contribution in [-0.2, 0) is 27.7 Å². The van der Waals surface area contributed by atoms with E-state index in [0.29, 0.717) is 44.1 Å². The van der Waals surface area contributed by atoms with Crippen molar-refractivity contribution >= 4 is 18.1 Å². The van der Waals surface area contributed by atoms with Gasteiger partial charge in [0, 0.05) is 37.9 Å². The number of nitrogens with one attached hydrogen (secondary N) is 1. The zero-order valence-corrected chi connectivity index (χ0v) is 25.0. The van der Waals surface area contributed by atoms with Crippen molar-refractivity contribution in [1.29, 1.82) is 0 Å². The van der Waals surface area contributed by atoms with Crippen molar-refractivity contribution in [3.8, 4) is 23.0 Å². The van der Waals surface area contributed by atoms with Crippen LogP contribution in [0.4, 0.5) is 18.9 Å². The number of anilines is 1. The molecule has 1 spiro atoms. The molecule has 2 fully saturated rings. The molecule has 0 unspecified atom stereocenters. The number of halogens is 3. The number of aromatic nitrogens is 3. The van der Waals surface area contributed by atoms with Crippen molar-refractivity contribution in [2.75, 3.05) is 44.8 Å². The molecule has 45 heavy (non-hydrogen) atoms. The number of carbonyl (C=O) groups is 2. The maximum Gasteiger partial charge on any atom is 0.435 e. The highest BCUT2D eigenvalue weighted by molar-refractivity contribution is 5.91. The van der Waals surface area contributed by atoms with Crippen LogP contribution in [0, 0.1) is 0 Å². The Kier molecular flexibility index (Phi) is 9.42. The van der Waals surface area contributed by atoms with E-state index in [4.69, 9.17) is 24.4 Å². The number of pyridine rings is 3. The fraction of sp³-hybridized carbons (Fsp3) is 0.452. The Morgan fingerprint density at radius 3 is 2.56 bits per heavy atom. The monoisotopic (exact) mass is 628 g/mol. The minimum atomic E-state index is -4.65. The van der Waals surface area contributed by atoms with Crippen LogP contribution < -0.4 is 19.7 Å². The first-order valence-electron chi connectivity index (χ1n) is 14.7. The van der Waals surface area contributed by atoms with Crippen LogP contribution >= 0.6 is 0 Å². The second kappa shape index (κ2) is 13.3. The Balaban J connectivity index is 0.00000128. The molecule has 6 rings (SSSR count). The van der Waals surface area contributed by atoms with E-state index in [9.17, 15) is 18.0 Å². The summed E-state index contributed by atoms with van der Waals surface area (Å²) in [5, 5.41) is 10.2. The van der Waals surface area contributed by atoms with Gasteiger partial charge >= 0.3 is 6.18 Å². The van der Waals surface area contributed by atoms with E-state index >= 15 is 0 Å². The number of hydrogen-bond acceptors (Lipinski definition) is 9. The van der Waals surface area contributed by atoms with Crippen LogP contribution in [0.1, 0.15) is 43.1 Å². The number of piperidine rings is 1. The zero-order chi connectivity index (χ0) is 32.2. The van der Waals surface area contributed by atoms with E-state index in [1.807, 2.05) is 36.1 Å². The summed E-state index contributed by atoms with van der Waals surface area (Å²) >= 11 is 0. The first kappa shape index (κ1) is 31.9. The minimum Gasteiger partial charge on any atom is -0.483 e. The van der Waals surface area contributed by atoms with Gasteiger partial charge in [0.25, 0.3) is 6.47 Å². The molecule has 14 heteroatoms. The molecule has 0 saturated carbocycles. The maximum atomic E-state index is 14.3. The van der Waals surface area contributed by atoms with Gasteiger partial charge in [-0.05, 0) is 62.6 Å². The summed E-state index contributed by atoms with van der Waals surface area (Å²) in [6.45, 7) is 4.54. The number of hydrogen-bond donors (Lipinski definition) is 2. The van der Waals surface area contributed by atoms with Gasteiger partial charge in [-0.1, -0.05) is 6.07 Å². The van der Waals surface area contributed by atoms with Crippen LogP contribution in [-0.4, -0.2) is 83.3 Å². The number of fused-ring (bicyclic) bond motifs is 2. The number of nitrogens with zero attached hydrogens (tertiary/aromatic N) is 5. The van der Waals surface area contributed by atoms with Gasteiger partial charge in [0.1, 0.15) is 0 Å². The highest BCUT2D eigenvalue weighted by atomic mass is 19.4. The van der Waals surface area contributed by atoms with Crippen molar-refractivity contribution in [1.82, 2.24) is 25.2 Å². The molecule has 3 aromatic heterocycles. The van der Waals surface area contributed by atoms with Crippen molar-refractivity contribution in [2.45, 2.75) is 50.4 Å². The summed E-state index contributed by atoms with van der Waals surface area (Å²) in [5.74, 6) is 0.422. The molecule has 0 bridgehead atoms. The predicted octanol–water partition coefficient (Wildman–Crippen LogP) is 3.91. The molecule has 240 valence electrons. The number of carbonyl (C=O) groups excluding carboxylic acids is 1. The highest BCUT2D eigenvalue weighted by Crippen LogP contribution is 2.46. The molecule has 2 saturated heterocycles. The van der Waals surface area contributed by atoms with Gasteiger partial charge in [-0.15, -0.1) is 0 Å². The Morgan fingerprint density at radius 2 is 1.91 bits per heavy atom. The van der Waals surface area contributed by atoms with E-state index < -0.39 is 17.3 Å². The predicted molar refractivity (Wildman–Crippen MR) is 158 cm³/mol. The lowest BCUT2D eigenvalue weighted by Crippen LogP contribution is -2.58. The van der Waals surface area contributed by atoms with Gasteiger partial charge in [-0.3, -0.25) is 14.6 Å². The van der Waals surface area contributed by atoms with Gasteiger partial charge in [-0.2, -0.15) is 13.2 Å². The third-order valence-electron chi connectivity index (χ3n) is 8.57. The van der Waals surface area contributed by atoms with Crippen molar-refractivity contribution in [3.63, 3.8) is 0 Å². The molecule has 6 heterocycles. The molecule has 3 aromatic rings. The molecule has 2 N–H and O–H groups in total. The number of carboxylic acid groups (broad SMARTS) is 1. The summed E-state index contributed by atoms with van der Waals surface area (Å²) in [4.78, 5) is 39.4. The smallest absolute Gasteiger partial charge is 0.435 e. The van der Waals surface area contributed by atoms with E-state index in [1.165, 1.54) is 19.2 Å². The third kappa shape index (κ3) is 6.23. The molecule has 1 amide bonds. The van der Waals surface area contributed by atoms with Crippen molar-refractivity contribution in [3.05, 3.63) is 59.5 Å². The van der Waals surface area contributed by atoms with Gasteiger partial charge in [0.2, 0.25) is 17.7 Å². The summed E-state index contributed by atoms with van der Waals surface area (Å²) < 4.78 is 52.6. The molecule has 0 aliphatic carbocycles. The summed E-state index contributed by atoms with van der Waals surface area (Å²) in [6, 6.07) is 10.5. The van der Waals surface area contributed by atoms with E-state index in [0.717, 1.165) is 29.8 Å². The minimum absolute atomic E-state index is 0.00742. The Bertz CT molecular complexity index is 1520. The van der Waals surface area contributed by atoms with Crippen LogP contribution in [0.25, 0.3) is 11.3 Å². The van der Waals surface area contributed by atoms with Gasteiger partial charge < -0.3 is 29.7 Å². The number of methoxy groups -OCH3 is 1. The second-order valence-corrected chi connectivity index (χ2v) is 11.0. The largest absolute Gasteiger partial charge is 0.483 e. The second-order valence-electron chi connectivity index (χ2n) is 11.0. The number of amides is 1. The lowest BCUT2D eigenvalue weighted by molar-refractivity contribution is -0.143. The van der Waals surface area contributed by atoms with E-state index in [-0.39, 0.29) is 43.1 Å². The molecular weight excluding hydrogens is 593 g/mol. The van der Waals surface area contributed by atoms with Crippen LogP contribution in [0.3, 0.4) is 0 Å². The number of alkyl halides is 3. The Morgan fingerprint density at radius 1 is 1.16 bits per heavy atom. The molecule has 0 radical (unpaired) electrons. The van der Waals surface area contributed by atoms with Crippen LogP contribution in [0.5, 0.6) is 11.8 Å². The van der Waals surface area contributed by atoms with Gasteiger partial charge in [0.15, 0.2) is 5.69 Å². The first-order valence-corrected chi connectivity index (χ1v) is 14.7. The van der Waals surface area contributed by atoms with Crippen LogP contribution in [0.15, 0.2) is 42.6 Å². The van der Waals surface area contributed by atoms with E-state index in [1.54, 1.807) is 11.1 Å². The van der Waals surface area contributed by atoms with Crippen LogP contribution in [0.2, 0.25) is 0 Å². The SMILES string of the molecule is CCOc1ncccc1-c1ccc2c(n1)CN([C@@H]1CCNC1)C(=O)C21CCN(c2ccc(OC)nc2C(F)(F)F)CC1.O=CO. The quantitative estimate of drug-likeness (QED) is 0.388. The average Bonchev–Trinajstić information content (AvgIpc) is 3.58. The normalized spacial score (nSPS) is 19.0. The first-order chi connectivity index (χ1) is 21.7. The average molecular weight is 629 g/mol. The Labute approximate surface area is 258 Å². The zero-order valence-electron chi connectivity index (χ0n) is 25.0. The molecule has 3 aliphatic heterocycles. The molecular formula is C31H35F3N6O5. The third-order valence-corrected chi connectivity index (χ3v) is 8.57. The molecule has 1 atom stereocenters. The summed E-state index contributed by atoms with van der Waals surface area (Å²) in [6.07, 6.45) is -1.42. The summed E-state index contributed by atoms with van der Waals surface area (Å²) in [7, 11) is 1.29. The van der Waals surface area contributed by atoms with Gasteiger partial charge in [0.05, 0.1) is 48.3 Å². The molecule has 0 aromatic carbocycles. The van der Waals surface area contributed by atoms with Crippen molar-refractivity contribution < 1.29 is 37.3 Å². The lowest BCUT2D eigenvalue weighted by Gasteiger charge is -2.49. The van der Waals surface area contributed by atoms with E-state index in [2.05, 4.69) is 15.3 Å². The highest BCUT2D eigenvalue weighted by Gasteiger charge is 2.52. The summed E-state index contributed by atoms with van der Waals surface area (Å²) in [5.41, 5.74) is 1.25. The topological polar surface area (TPSA) is 130 Å². The fourth-order valence-corrected chi connectivity index (χ4v) is 6.49. The Hall–Kier alpha value is -4.46.